The fourth-order valence-corrected chi connectivity index (χ4v) is 3.77. The summed E-state index contributed by atoms with van der Waals surface area (Å²) in [7, 11) is 1.91. The van der Waals surface area contributed by atoms with Crippen LogP contribution in [0.5, 0.6) is 0 Å². The first-order chi connectivity index (χ1) is 11.9. The standard InChI is InChI=1S/C19H22N4OS/c1-13-16(17(24)20-10-15-11-23(4)12-21-15)25-18(22-13)19(2,3)14-8-6-5-7-9-14/h5-9,11-12H,10H2,1-4H3,(H,20,24). The summed E-state index contributed by atoms with van der Waals surface area (Å²) in [6, 6.07) is 10.2. The number of hydrogen-bond donors (Lipinski definition) is 1. The summed E-state index contributed by atoms with van der Waals surface area (Å²) < 4.78 is 1.86. The molecule has 0 fully saturated rings. The monoisotopic (exact) mass is 354 g/mol. The molecule has 0 bridgehead atoms. The van der Waals surface area contributed by atoms with Gasteiger partial charge in [0, 0.05) is 18.7 Å². The molecule has 0 saturated carbocycles. The molecule has 1 amide bonds. The van der Waals surface area contributed by atoms with Crippen molar-refractivity contribution in [1.29, 1.82) is 0 Å². The van der Waals surface area contributed by atoms with Crippen molar-refractivity contribution in [2.24, 2.45) is 7.05 Å². The maximum absolute atomic E-state index is 12.5. The third-order valence-electron chi connectivity index (χ3n) is 4.22. The Morgan fingerprint density at radius 2 is 2.00 bits per heavy atom. The van der Waals surface area contributed by atoms with Crippen LogP contribution in [0.25, 0.3) is 0 Å². The van der Waals surface area contributed by atoms with Gasteiger partial charge in [-0.1, -0.05) is 30.3 Å². The van der Waals surface area contributed by atoms with Gasteiger partial charge in [0.2, 0.25) is 0 Å². The van der Waals surface area contributed by atoms with Crippen molar-refractivity contribution in [3.8, 4) is 0 Å². The molecule has 0 unspecified atom stereocenters. The van der Waals surface area contributed by atoms with Crippen LogP contribution in [0.4, 0.5) is 0 Å². The largest absolute Gasteiger partial charge is 0.346 e. The van der Waals surface area contributed by atoms with E-state index in [4.69, 9.17) is 0 Å². The molecule has 0 radical (unpaired) electrons. The van der Waals surface area contributed by atoms with Gasteiger partial charge in [-0.2, -0.15) is 0 Å². The highest BCUT2D eigenvalue weighted by atomic mass is 32.1. The smallest absolute Gasteiger partial charge is 0.263 e. The number of rotatable bonds is 5. The molecule has 25 heavy (non-hydrogen) atoms. The van der Waals surface area contributed by atoms with E-state index in [1.54, 1.807) is 6.33 Å². The lowest BCUT2D eigenvalue weighted by atomic mass is 9.85. The van der Waals surface area contributed by atoms with E-state index < -0.39 is 0 Å². The third-order valence-corrected chi connectivity index (χ3v) is 5.70. The Morgan fingerprint density at radius 3 is 2.64 bits per heavy atom. The number of aryl methyl sites for hydroxylation is 2. The summed E-state index contributed by atoms with van der Waals surface area (Å²) in [4.78, 5) is 22.1. The fraction of sp³-hybridized carbons (Fsp3) is 0.316. The Balaban J connectivity index is 1.78. The van der Waals surface area contributed by atoms with Gasteiger partial charge in [0.05, 0.1) is 24.3 Å². The maximum Gasteiger partial charge on any atom is 0.263 e. The van der Waals surface area contributed by atoms with Crippen LogP contribution in [0.1, 0.15) is 45.5 Å². The number of amides is 1. The Kier molecular flexibility index (Phi) is 4.72. The van der Waals surface area contributed by atoms with E-state index in [1.165, 1.54) is 16.9 Å². The van der Waals surface area contributed by atoms with Crippen LogP contribution < -0.4 is 5.32 Å². The van der Waals surface area contributed by atoms with Crippen molar-refractivity contribution < 1.29 is 4.79 Å². The molecular formula is C19H22N4OS. The van der Waals surface area contributed by atoms with Crippen molar-refractivity contribution in [2.75, 3.05) is 0 Å². The molecule has 2 aromatic heterocycles. The fourth-order valence-electron chi connectivity index (χ4n) is 2.66. The van der Waals surface area contributed by atoms with E-state index in [-0.39, 0.29) is 11.3 Å². The normalized spacial score (nSPS) is 11.5. The molecule has 6 heteroatoms. The summed E-state index contributed by atoms with van der Waals surface area (Å²) in [6.45, 7) is 6.57. The van der Waals surface area contributed by atoms with Crippen molar-refractivity contribution in [2.45, 2.75) is 32.7 Å². The minimum Gasteiger partial charge on any atom is -0.346 e. The lowest BCUT2D eigenvalue weighted by Gasteiger charge is -2.22. The van der Waals surface area contributed by atoms with E-state index in [0.717, 1.165) is 16.4 Å². The first-order valence-electron chi connectivity index (χ1n) is 8.16. The number of benzene rings is 1. The second-order valence-corrected chi connectivity index (χ2v) is 7.64. The number of imidazole rings is 1. The number of aromatic nitrogens is 3. The zero-order valence-electron chi connectivity index (χ0n) is 14.9. The highest BCUT2D eigenvalue weighted by molar-refractivity contribution is 7.14. The number of hydrogen-bond acceptors (Lipinski definition) is 4. The zero-order valence-corrected chi connectivity index (χ0v) is 15.7. The average molecular weight is 354 g/mol. The quantitative estimate of drug-likeness (QED) is 0.763. The summed E-state index contributed by atoms with van der Waals surface area (Å²) >= 11 is 1.46. The predicted molar refractivity (Wildman–Crippen MR) is 99.8 cm³/mol. The van der Waals surface area contributed by atoms with Gasteiger partial charge < -0.3 is 9.88 Å². The van der Waals surface area contributed by atoms with Crippen LogP contribution >= 0.6 is 11.3 Å². The first kappa shape index (κ1) is 17.4. The molecule has 130 valence electrons. The molecule has 1 aromatic carbocycles. The van der Waals surface area contributed by atoms with Gasteiger partial charge >= 0.3 is 0 Å². The molecule has 2 heterocycles. The van der Waals surface area contributed by atoms with Crippen LogP contribution in [0.3, 0.4) is 0 Å². The average Bonchev–Trinajstić information content (AvgIpc) is 3.19. The van der Waals surface area contributed by atoms with E-state index in [2.05, 4.69) is 41.3 Å². The van der Waals surface area contributed by atoms with Crippen molar-refractivity contribution >= 4 is 17.2 Å². The lowest BCUT2D eigenvalue weighted by Crippen LogP contribution is -2.22. The van der Waals surface area contributed by atoms with Gasteiger partial charge in [-0.25, -0.2) is 9.97 Å². The molecule has 0 atom stereocenters. The van der Waals surface area contributed by atoms with Crippen molar-refractivity contribution in [3.63, 3.8) is 0 Å². The van der Waals surface area contributed by atoms with E-state index in [0.29, 0.717) is 11.4 Å². The molecule has 1 N–H and O–H groups in total. The molecule has 0 aliphatic heterocycles. The second kappa shape index (κ2) is 6.80. The van der Waals surface area contributed by atoms with Gasteiger partial charge in [0.25, 0.3) is 5.91 Å². The summed E-state index contributed by atoms with van der Waals surface area (Å²) in [5.41, 5.74) is 2.55. The van der Waals surface area contributed by atoms with Crippen LogP contribution in [0.2, 0.25) is 0 Å². The van der Waals surface area contributed by atoms with Gasteiger partial charge in [0.1, 0.15) is 9.88 Å². The summed E-state index contributed by atoms with van der Waals surface area (Å²) in [6.07, 6.45) is 3.61. The highest BCUT2D eigenvalue weighted by Crippen LogP contribution is 2.35. The Labute approximate surface area is 151 Å². The molecule has 5 nitrogen and oxygen atoms in total. The second-order valence-electron chi connectivity index (χ2n) is 6.64. The molecule has 3 rings (SSSR count). The number of carbonyl (C=O) groups is 1. The van der Waals surface area contributed by atoms with Crippen molar-refractivity contribution in [3.05, 3.63) is 69.7 Å². The minimum absolute atomic E-state index is 0.101. The topological polar surface area (TPSA) is 59.8 Å². The van der Waals surface area contributed by atoms with E-state index in [1.807, 2.05) is 42.9 Å². The highest BCUT2D eigenvalue weighted by Gasteiger charge is 2.29. The van der Waals surface area contributed by atoms with Crippen LogP contribution in [0, 0.1) is 6.92 Å². The predicted octanol–water partition coefficient (Wildman–Crippen LogP) is 3.44. The van der Waals surface area contributed by atoms with Gasteiger partial charge in [-0.15, -0.1) is 11.3 Å². The van der Waals surface area contributed by atoms with E-state index in [9.17, 15) is 4.79 Å². The molecule has 0 aliphatic rings. The molecule has 0 saturated heterocycles. The Bertz CT molecular complexity index is 880. The van der Waals surface area contributed by atoms with E-state index >= 15 is 0 Å². The maximum atomic E-state index is 12.5. The molecular weight excluding hydrogens is 332 g/mol. The molecule has 3 aromatic rings. The Hall–Kier alpha value is -2.47. The van der Waals surface area contributed by atoms with Crippen LogP contribution in [-0.2, 0) is 19.0 Å². The Morgan fingerprint density at radius 1 is 1.28 bits per heavy atom. The number of thiazole rings is 1. The molecule has 0 spiro atoms. The van der Waals surface area contributed by atoms with Gasteiger partial charge in [-0.3, -0.25) is 4.79 Å². The van der Waals surface area contributed by atoms with Crippen LogP contribution in [-0.4, -0.2) is 20.4 Å². The summed E-state index contributed by atoms with van der Waals surface area (Å²) in [5, 5.41) is 3.87. The number of carbonyl (C=O) groups excluding carboxylic acids is 1. The number of nitrogens with zero attached hydrogens (tertiary/aromatic N) is 3. The zero-order chi connectivity index (χ0) is 18.0. The molecule has 0 aliphatic carbocycles. The third kappa shape index (κ3) is 3.64. The van der Waals surface area contributed by atoms with Crippen LogP contribution in [0.15, 0.2) is 42.9 Å². The SMILES string of the molecule is Cc1nc(C(C)(C)c2ccccc2)sc1C(=O)NCc1cn(C)cn1. The van der Waals surface area contributed by atoms with Gasteiger partial charge in [-0.05, 0) is 26.3 Å². The lowest BCUT2D eigenvalue weighted by molar-refractivity contribution is 0.0953. The summed E-state index contributed by atoms with van der Waals surface area (Å²) in [5.74, 6) is -0.101. The number of nitrogens with one attached hydrogen (secondary N) is 1. The van der Waals surface area contributed by atoms with Crippen molar-refractivity contribution in [1.82, 2.24) is 19.9 Å². The minimum atomic E-state index is -0.240. The first-order valence-corrected chi connectivity index (χ1v) is 8.98. The van der Waals surface area contributed by atoms with Gasteiger partial charge in [0.15, 0.2) is 0 Å².